The van der Waals surface area contributed by atoms with Crippen molar-refractivity contribution >= 4 is 0 Å². The van der Waals surface area contributed by atoms with Gasteiger partial charge in [0.25, 0.3) is 0 Å². The number of rotatable bonds is 8. The van der Waals surface area contributed by atoms with Crippen molar-refractivity contribution in [2.45, 2.75) is 25.8 Å². The summed E-state index contributed by atoms with van der Waals surface area (Å²) in [6.07, 6.45) is 0. The van der Waals surface area contributed by atoms with Gasteiger partial charge >= 0.3 is 96.4 Å². The molecular formula is C8H18CuO6. The van der Waals surface area contributed by atoms with Gasteiger partial charge in [-0.3, -0.25) is 0 Å². The molecule has 0 N–H and O–H groups in total. The third-order valence-corrected chi connectivity index (χ3v) is 2.61. The molecule has 0 heterocycles. The standard InChI is InChI=1S/2C4H9O3.Cu/c2*1-4(5,6-2)7-3;/h2*1-3H3;/q2*-1;+2. The van der Waals surface area contributed by atoms with Crippen LogP contribution in [0.3, 0.4) is 0 Å². The Balaban J connectivity index is 3.96. The molecule has 6 nitrogen and oxygen atoms in total. The van der Waals surface area contributed by atoms with Gasteiger partial charge < -0.3 is 0 Å². The Labute approximate surface area is 96.9 Å². The fourth-order valence-electron chi connectivity index (χ4n) is 0.371. The topological polar surface area (TPSA) is 55.4 Å². The van der Waals surface area contributed by atoms with E-state index in [0.717, 1.165) is 15.6 Å². The second kappa shape index (κ2) is 6.77. The Bertz CT molecular complexity index is 151. The van der Waals surface area contributed by atoms with Crippen LogP contribution in [0.15, 0.2) is 0 Å². The average molecular weight is 274 g/mol. The zero-order chi connectivity index (χ0) is 11.9. The number of ether oxygens (including phenoxy) is 4. The molecule has 0 radical (unpaired) electrons. The van der Waals surface area contributed by atoms with Crippen LogP contribution in [0.25, 0.3) is 0 Å². The van der Waals surface area contributed by atoms with Gasteiger partial charge in [0, 0.05) is 0 Å². The van der Waals surface area contributed by atoms with Crippen LogP contribution in [0.2, 0.25) is 0 Å². The summed E-state index contributed by atoms with van der Waals surface area (Å²) in [7, 11) is 5.81. The van der Waals surface area contributed by atoms with E-state index in [0.29, 0.717) is 0 Å². The molecule has 0 unspecified atom stereocenters. The summed E-state index contributed by atoms with van der Waals surface area (Å²) in [6.45, 7) is 3.19. The summed E-state index contributed by atoms with van der Waals surface area (Å²) < 4.78 is 30.0. The summed E-state index contributed by atoms with van der Waals surface area (Å²) in [5.74, 6) is -2.36. The molecule has 15 heavy (non-hydrogen) atoms. The van der Waals surface area contributed by atoms with Crippen LogP contribution in [-0.4, -0.2) is 40.4 Å². The minimum absolute atomic E-state index is 0.760. The molecule has 0 saturated heterocycles. The van der Waals surface area contributed by atoms with Crippen molar-refractivity contribution in [1.82, 2.24) is 0 Å². The molecule has 7 heteroatoms. The third-order valence-electron chi connectivity index (χ3n) is 1.76. The first kappa shape index (κ1) is 15.3. The van der Waals surface area contributed by atoms with Gasteiger partial charge in [-0.25, -0.2) is 0 Å². The molecular weight excluding hydrogens is 256 g/mol. The fourth-order valence-corrected chi connectivity index (χ4v) is 1.01. The predicted molar refractivity (Wildman–Crippen MR) is 47.0 cm³/mol. The average Bonchev–Trinajstić information content (AvgIpc) is 2.28. The van der Waals surface area contributed by atoms with Crippen molar-refractivity contribution in [1.29, 1.82) is 0 Å². The van der Waals surface area contributed by atoms with Crippen molar-refractivity contribution in [3.05, 3.63) is 0 Å². The third kappa shape index (κ3) is 5.24. The van der Waals surface area contributed by atoms with Crippen molar-refractivity contribution in [2.24, 2.45) is 0 Å². The Kier molecular flexibility index (Phi) is 6.90. The van der Waals surface area contributed by atoms with Gasteiger partial charge in [-0.1, -0.05) is 0 Å². The van der Waals surface area contributed by atoms with Crippen molar-refractivity contribution in [3.8, 4) is 0 Å². The summed E-state index contributed by atoms with van der Waals surface area (Å²) in [5.41, 5.74) is 0. The molecule has 0 aromatic heterocycles. The Morgan fingerprint density at radius 2 is 0.933 bits per heavy atom. The number of hydrogen-bond donors (Lipinski definition) is 0. The van der Waals surface area contributed by atoms with Crippen LogP contribution < -0.4 is 0 Å². The first-order valence-electron chi connectivity index (χ1n) is 4.10. The molecule has 0 rings (SSSR count). The van der Waals surface area contributed by atoms with Crippen LogP contribution in [0, 0.1) is 0 Å². The van der Waals surface area contributed by atoms with Gasteiger partial charge in [0.1, 0.15) is 0 Å². The first-order chi connectivity index (χ1) is 6.95. The van der Waals surface area contributed by atoms with Crippen molar-refractivity contribution in [2.75, 3.05) is 28.4 Å². The number of methoxy groups -OCH3 is 4. The Morgan fingerprint density at radius 3 is 1.13 bits per heavy atom. The summed E-state index contributed by atoms with van der Waals surface area (Å²) in [5, 5.41) is 0. The van der Waals surface area contributed by atoms with E-state index < -0.39 is 11.9 Å². The molecule has 0 amide bonds. The molecule has 0 aromatic carbocycles. The van der Waals surface area contributed by atoms with Crippen LogP contribution in [0.5, 0.6) is 0 Å². The number of hydrogen-bond acceptors (Lipinski definition) is 6. The predicted octanol–water partition coefficient (Wildman–Crippen LogP) is 0.865. The summed E-state index contributed by atoms with van der Waals surface area (Å²) in [6, 6.07) is 0. The molecule has 0 aliphatic carbocycles. The molecule has 0 saturated carbocycles. The fraction of sp³-hybridized carbons (Fsp3) is 1.00. The van der Waals surface area contributed by atoms with E-state index in [-0.39, 0.29) is 0 Å². The van der Waals surface area contributed by atoms with Crippen molar-refractivity contribution in [3.63, 3.8) is 0 Å². The van der Waals surface area contributed by atoms with E-state index in [9.17, 15) is 0 Å². The van der Waals surface area contributed by atoms with Crippen LogP contribution in [0.1, 0.15) is 13.8 Å². The quantitative estimate of drug-likeness (QED) is 0.483. The maximum absolute atomic E-state index is 5.11. The van der Waals surface area contributed by atoms with Gasteiger partial charge in [-0.05, 0) is 0 Å². The molecule has 0 aromatic rings. The Hall–Kier alpha value is 0.279. The van der Waals surface area contributed by atoms with E-state index in [1.165, 1.54) is 28.4 Å². The van der Waals surface area contributed by atoms with Gasteiger partial charge in [-0.15, -0.1) is 0 Å². The van der Waals surface area contributed by atoms with Gasteiger partial charge in [0.15, 0.2) is 0 Å². The van der Waals surface area contributed by atoms with E-state index >= 15 is 0 Å². The van der Waals surface area contributed by atoms with Gasteiger partial charge in [0.05, 0.1) is 0 Å². The van der Waals surface area contributed by atoms with Crippen LogP contribution in [-0.2, 0) is 42.2 Å². The zero-order valence-corrected chi connectivity index (χ0v) is 10.7. The molecule has 0 bridgehead atoms. The zero-order valence-electron chi connectivity index (χ0n) is 9.75. The second-order valence-corrected chi connectivity index (χ2v) is 3.26. The van der Waals surface area contributed by atoms with Crippen LogP contribution >= 0.6 is 0 Å². The normalized spacial score (nSPS) is 13.5. The van der Waals surface area contributed by atoms with E-state index in [2.05, 4.69) is 0 Å². The molecule has 0 fully saturated rings. The minimum atomic E-state index is -1.18. The summed E-state index contributed by atoms with van der Waals surface area (Å²) >= 11 is 0.760. The van der Waals surface area contributed by atoms with Crippen LogP contribution in [0.4, 0.5) is 0 Å². The molecule has 97 valence electrons. The second-order valence-electron chi connectivity index (χ2n) is 2.71. The SMILES string of the molecule is COC(C)(OC)[O][Cu][O]C(C)(OC)OC. The first-order valence-corrected chi connectivity index (χ1v) is 4.87. The molecule has 0 aliphatic rings. The van der Waals surface area contributed by atoms with E-state index in [1.807, 2.05) is 0 Å². The van der Waals surface area contributed by atoms with E-state index in [1.54, 1.807) is 13.8 Å². The maximum atomic E-state index is 5.11. The summed E-state index contributed by atoms with van der Waals surface area (Å²) in [4.78, 5) is 0. The van der Waals surface area contributed by atoms with Gasteiger partial charge in [-0.2, -0.15) is 0 Å². The molecule has 0 spiro atoms. The van der Waals surface area contributed by atoms with Crippen molar-refractivity contribution < 1.29 is 42.2 Å². The molecule has 0 aliphatic heterocycles. The van der Waals surface area contributed by atoms with E-state index in [4.69, 9.17) is 26.6 Å². The van der Waals surface area contributed by atoms with Gasteiger partial charge in [0.2, 0.25) is 0 Å². The monoisotopic (exact) mass is 273 g/mol. The Morgan fingerprint density at radius 1 is 0.667 bits per heavy atom. The molecule has 0 atom stereocenters.